The number of carbonyl (C=O) groups excluding carboxylic acids is 1. The Kier molecular flexibility index (Phi) is 3.93. The maximum Gasteiger partial charge on any atom is 0.292 e. The number of anilines is 1. The number of amides is 1. The second kappa shape index (κ2) is 6.54. The van der Waals surface area contributed by atoms with Gasteiger partial charge in [-0.05, 0) is 68.1 Å². The number of fused-ring (bicyclic) bond motifs is 1. The van der Waals surface area contributed by atoms with Crippen molar-refractivity contribution in [3.05, 3.63) is 35.6 Å². The molecule has 0 spiro atoms. The first kappa shape index (κ1) is 17.4. The van der Waals surface area contributed by atoms with Gasteiger partial charge in [-0.1, -0.05) is 5.16 Å². The maximum absolute atomic E-state index is 12.6. The smallest absolute Gasteiger partial charge is 0.292 e. The van der Waals surface area contributed by atoms with E-state index in [9.17, 15) is 4.79 Å². The van der Waals surface area contributed by atoms with Crippen LogP contribution in [-0.2, 0) is 13.0 Å². The van der Waals surface area contributed by atoms with Crippen molar-refractivity contribution in [2.24, 2.45) is 23.2 Å². The summed E-state index contributed by atoms with van der Waals surface area (Å²) in [5.41, 5.74) is 2.57. The van der Waals surface area contributed by atoms with Gasteiger partial charge in [0.2, 0.25) is 5.76 Å². The third-order valence-corrected chi connectivity index (χ3v) is 7.74. The van der Waals surface area contributed by atoms with E-state index in [0.29, 0.717) is 18.5 Å². The van der Waals surface area contributed by atoms with Crippen LogP contribution in [0.1, 0.15) is 60.3 Å². The molecule has 4 saturated carbocycles. The zero-order chi connectivity index (χ0) is 19.4. The molecule has 7 rings (SSSR count). The predicted octanol–water partition coefficient (Wildman–Crippen LogP) is 3.29. The molecule has 1 N–H and O–H groups in total. The predicted molar refractivity (Wildman–Crippen MR) is 106 cm³/mol. The fraction of sp³-hybridized carbons (Fsp3) is 0.636. The number of hydrogen-bond acceptors (Lipinski definition) is 6. The van der Waals surface area contributed by atoms with E-state index in [0.717, 1.165) is 42.2 Å². The molecular formula is C22H27N5O2. The largest absolute Gasteiger partial charge is 0.369 e. The van der Waals surface area contributed by atoms with E-state index in [1.54, 1.807) is 17.3 Å². The second-order valence-electron chi connectivity index (χ2n) is 9.77. The molecule has 0 radical (unpaired) electrons. The highest BCUT2D eigenvalue weighted by molar-refractivity contribution is 5.91. The first-order valence-corrected chi connectivity index (χ1v) is 10.9. The number of rotatable bonds is 4. The van der Waals surface area contributed by atoms with Crippen LogP contribution in [0.3, 0.4) is 0 Å². The molecule has 1 amide bonds. The van der Waals surface area contributed by atoms with Gasteiger partial charge in [-0.15, -0.1) is 0 Å². The van der Waals surface area contributed by atoms with Gasteiger partial charge in [0.15, 0.2) is 0 Å². The lowest BCUT2D eigenvalue weighted by molar-refractivity contribution is -0.0444. The maximum atomic E-state index is 12.6. The molecule has 2 aromatic heterocycles. The fourth-order valence-electron chi connectivity index (χ4n) is 6.94. The van der Waals surface area contributed by atoms with Crippen LogP contribution in [0, 0.1) is 23.2 Å². The van der Waals surface area contributed by atoms with Gasteiger partial charge < -0.3 is 14.7 Å². The molecule has 7 heteroatoms. The molecule has 4 bridgehead atoms. The van der Waals surface area contributed by atoms with Gasteiger partial charge >= 0.3 is 0 Å². The number of hydrogen-bond donors (Lipinski definition) is 1. The second-order valence-corrected chi connectivity index (χ2v) is 9.77. The Balaban J connectivity index is 1.17. The summed E-state index contributed by atoms with van der Waals surface area (Å²) < 4.78 is 5.03. The molecule has 0 aromatic carbocycles. The van der Waals surface area contributed by atoms with Crippen molar-refractivity contribution in [3.63, 3.8) is 0 Å². The molecule has 0 saturated heterocycles. The molecular weight excluding hydrogens is 366 g/mol. The number of nitrogens with one attached hydrogen (secondary N) is 1. The van der Waals surface area contributed by atoms with Gasteiger partial charge in [0.1, 0.15) is 12.1 Å². The minimum Gasteiger partial charge on any atom is -0.369 e. The van der Waals surface area contributed by atoms with Crippen LogP contribution in [0.15, 0.2) is 23.1 Å². The lowest BCUT2D eigenvalue weighted by Crippen LogP contribution is -2.49. The lowest BCUT2D eigenvalue weighted by Gasteiger charge is -2.57. The van der Waals surface area contributed by atoms with Crippen molar-refractivity contribution < 1.29 is 9.32 Å². The Morgan fingerprint density at radius 1 is 1.17 bits per heavy atom. The molecule has 4 fully saturated rings. The summed E-state index contributed by atoms with van der Waals surface area (Å²) in [6, 6.07) is 1.61. The number of nitrogens with zero attached hydrogens (tertiary/aromatic N) is 4. The first-order chi connectivity index (χ1) is 14.2. The standard InChI is InChI=1S/C22H27N5O2/c28-21(19-1-3-26-29-19)27-4-2-17-18(11-27)24-13-25-20(17)23-12-22-8-14-5-15(9-22)7-16(6-14)10-22/h1,3,13-16H,2,4-12H2,(H,23,24,25). The van der Waals surface area contributed by atoms with Crippen LogP contribution in [0.25, 0.3) is 0 Å². The van der Waals surface area contributed by atoms with Gasteiger partial charge in [-0.2, -0.15) is 0 Å². The van der Waals surface area contributed by atoms with Gasteiger partial charge in [0.25, 0.3) is 5.91 Å². The van der Waals surface area contributed by atoms with E-state index in [1.165, 1.54) is 50.3 Å². The van der Waals surface area contributed by atoms with Crippen LogP contribution in [0.2, 0.25) is 0 Å². The van der Waals surface area contributed by atoms with Crippen LogP contribution in [0.5, 0.6) is 0 Å². The Morgan fingerprint density at radius 2 is 1.93 bits per heavy atom. The summed E-state index contributed by atoms with van der Waals surface area (Å²) in [5, 5.41) is 7.36. The van der Waals surface area contributed by atoms with Gasteiger partial charge in [-0.25, -0.2) is 9.97 Å². The SMILES string of the molecule is O=C(c1ccno1)N1CCc2c(ncnc2NCC23CC4CC(CC(C4)C2)C3)C1. The first-order valence-electron chi connectivity index (χ1n) is 10.9. The number of carbonyl (C=O) groups is 1. The molecule has 0 atom stereocenters. The van der Waals surface area contributed by atoms with Crippen LogP contribution < -0.4 is 5.32 Å². The summed E-state index contributed by atoms with van der Waals surface area (Å²) in [7, 11) is 0. The van der Waals surface area contributed by atoms with Gasteiger partial charge in [0.05, 0.1) is 18.4 Å². The van der Waals surface area contributed by atoms with E-state index >= 15 is 0 Å². The van der Waals surface area contributed by atoms with Crippen molar-refractivity contribution in [2.45, 2.75) is 51.5 Å². The van der Waals surface area contributed by atoms with E-state index in [4.69, 9.17) is 4.52 Å². The lowest BCUT2D eigenvalue weighted by atomic mass is 9.49. The topological polar surface area (TPSA) is 84.2 Å². The van der Waals surface area contributed by atoms with Gasteiger partial charge in [-0.3, -0.25) is 4.79 Å². The fourth-order valence-corrected chi connectivity index (χ4v) is 6.94. The highest BCUT2D eigenvalue weighted by atomic mass is 16.5. The monoisotopic (exact) mass is 393 g/mol. The molecule has 7 nitrogen and oxygen atoms in total. The zero-order valence-corrected chi connectivity index (χ0v) is 16.6. The summed E-state index contributed by atoms with van der Waals surface area (Å²) in [5.74, 6) is 3.99. The Morgan fingerprint density at radius 3 is 2.62 bits per heavy atom. The zero-order valence-electron chi connectivity index (χ0n) is 16.6. The minimum absolute atomic E-state index is 0.130. The Labute approximate surface area is 170 Å². The summed E-state index contributed by atoms with van der Waals surface area (Å²) in [4.78, 5) is 23.4. The van der Waals surface area contributed by atoms with Crippen molar-refractivity contribution in [1.82, 2.24) is 20.0 Å². The highest BCUT2D eigenvalue weighted by Gasteiger charge is 2.50. The van der Waals surface area contributed by atoms with E-state index in [1.807, 2.05) is 0 Å². The summed E-state index contributed by atoms with van der Waals surface area (Å²) in [6.45, 7) is 2.16. The summed E-state index contributed by atoms with van der Waals surface area (Å²) >= 11 is 0. The minimum atomic E-state index is -0.130. The van der Waals surface area contributed by atoms with E-state index in [-0.39, 0.29) is 11.7 Å². The average molecular weight is 393 g/mol. The average Bonchev–Trinajstić information content (AvgIpc) is 3.25. The van der Waals surface area contributed by atoms with Crippen LogP contribution in [-0.4, -0.2) is 39.0 Å². The molecule has 0 unspecified atom stereocenters. The molecule has 1 aliphatic heterocycles. The van der Waals surface area contributed by atoms with Crippen LogP contribution in [0.4, 0.5) is 5.82 Å². The van der Waals surface area contributed by atoms with Gasteiger partial charge in [0, 0.05) is 24.7 Å². The summed E-state index contributed by atoms with van der Waals surface area (Å²) in [6.07, 6.45) is 12.5. The van der Waals surface area contributed by atoms with E-state index in [2.05, 4.69) is 20.4 Å². The van der Waals surface area contributed by atoms with E-state index < -0.39 is 0 Å². The normalized spacial score (nSPS) is 32.3. The van der Waals surface area contributed by atoms with Crippen molar-refractivity contribution in [1.29, 1.82) is 0 Å². The molecule has 152 valence electrons. The third-order valence-electron chi connectivity index (χ3n) is 7.74. The van der Waals surface area contributed by atoms with Crippen LogP contribution >= 0.6 is 0 Å². The molecule has 4 aliphatic carbocycles. The Bertz CT molecular complexity index is 890. The molecule has 3 heterocycles. The molecule has 5 aliphatic rings. The molecule has 29 heavy (non-hydrogen) atoms. The number of aromatic nitrogens is 3. The van der Waals surface area contributed by atoms with Crippen molar-refractivity contribution in [2.75, 3.05) is 18.4 Å². The highest BCUT2D eigenvalue weighted by Crippen LogP contribution is 2.59. The Hall–Kier alpha value is -2.44. The molecule has 2 aromatic rings. The quantitative estimate of drug-likeness (QED) is 0.858. The van der Waals surface area contributed by atoms with Crippen molar-refractivity contribution in [3.8, 4) is 0 Å². The third kappa shape index (κ3) is 3.02. The van der Waals surface area contributed by atoms with Crippen molar-refractivity contribution >= 4 is 11.7 Å².